The van der Waals surface area contributed by atoms with E-state index in [2.05, 4.69) is 5.32 Å². The van der Waals surface area contributed by atoms with Gasteiger partial charge in [-0.25, -0.2) is 0 Å². The lowest BCUT2D eigenvalue weighted by Crippen LogP contribution is -3.12. The van der Waals surface area contributed by atoms with Gasteiger partial charge in [-0.1, -0.05) is 12.1 Å². The summed E-state index contributed by atoms with van der Waals surface area (Å²) in [6, 6.07) is 13.1. The first kappa shape index (κ1) is 18.1. The summed E-state index contributed by atoms with van der Waals surface area (Å²) in [5, 5.41) is 2.95. The Kier molecular flexibility index (Phi) is 5.63. The van der Waals surface area contributed by atoms with Crippen molar-refractivity contribution in [2.24, 2.45) is 0 Å². The molecule has 2 aromatic carbocycles. The maximum Gasteiger partial charge on any atom is 0.282 e. The number of methoxy groups -OCH3 is 1. The van der Waals surface area contributed by atoms with Crippen LogP contribution in [0.5, 0.6) is 17.2 Å². The number of rotatable bonds is 6. The van der Waals surface area contributed by atoms with Gasteiger partial charge in [0.25, 0.3) is 5.91 Å². The van der Waals surface area contributed by atoms with Gasteiger partial charge in [-0.15, -0.1) is 0 Å². The van der Waals surface area contributed by atoms with Crippen molar-refractivity contribution in [2.75, 3.05) is 32.7 Å². The maximum absolute atomic E-state index is 12.6. The molecule has 1 aliphatic heterocycles. The summed E-state index contributed by atoms with van der Waals surface area (Å²) in [6.45, 7) is 3.77. The van der Waals surface area contributed by atoms with Gasteiger partial charge in [-0.05, 0) is 37.3 Å². The molecular weight excluding hydrogens is 332 g/mol. The van der Waals surface area contributed by atoms with Crippen LogP contribution in [-0.2, 0) is 11.3 Å². The second kappa shape index (κ2) is 8.10. The monoisotopic (exact) mass is 357 g/mol. The molecule has 1 heterocycles. The molecular formula is C20H25N2O4+. The van der Waals surface area contributed by atoms with Gasteiger partial charge in [0.2, 0.25) is 0 Å². The summed E-state index contributed by atoms with van der Waals surface area (Å²) in [4.78, 5) is 13.7. The number of fused-ring (bicyclic) bond motifs is 1. The van der Waals surface area contributed by atoms with Gasteiger partial charge < -0.3 is 24.4 Å². The molecule has 0 saturated carbocycles. The zero-order chi connectivity index (χ0) is 18.5. The van der Waals surface area contributed by atoms with Gasteiger partial charge in [0.1, 0.15) is 25.5 Å². The SMILES string of the molecule is COc1ccccc1NC(=O)[C@H](C)[NH+](C)Cc1ccc2c(c1)OCCO2. The van der Waals surface area contributed by atoms with E-state index in [1.54, 1.807) is 7.11 Å². The molecule has 0 fully saturated rings. The number of para-hydroxylation sites is 2. The van der Waals surface area contributed by atoms with E-state index in [9.17, 15) is 4.79 Å². The molecule has 6 heteroatoms. The molecule has 6 nitrogen and oxygen atoms in total. The van der Waals surface area contributed by atoms with Gasteiger partial charge in [0, 0.05) is 5.56 Å². The first-order chi connectivity index (χ1) is 12.6. The fourth-order valence-electron chi connectivity index (χ4n) is 2.89. The number of anilines is 1. The number of quaternary nitrogens is 1. The number of ether oxygens (including phenoxy) is 3. The van der Waals surface area contributed by atoms with Crippen molar-refractivity contribution >= 4 is 11.6 Å². The van der Waals surface area contributed by atoms with E-state index in [1.165, 1.54) is 0 Å². The van der Waals surface area contributed by atoms with Gasteiger partial charge in [0.05, 0.1) is 19.8 Å². The third-order valence-electron chi connectivity index (χ3n) is 4.59. The summed E-state index contributed by atoms with van der Waals surface area (Å²) >= 11 is 0. The molecule has 0 spiro atoms. The van der Waals surface area contributed by atoms with E-state index in [0.29, 0.717) is 31.2 Å². The van der Waals surface area contributed by atoms with E-state index < -0.39 is 0 Å². The molecule has 1 unspecified atom stereocenters. The highest BCUT2D eigenvalue weighted by Gasteiger charge is 2.23. The Morgan fingerprint density at radius 2 is 1.92 bits per heavy atom. The lowest BCUT2D eigenvalue weighted by Gasteiger charge is -2.23. The summed E-state index contributed by atoms with van der Waals surface area (Å²) in [7, 11) is 3.59. The van der Waals surface area contributed by atoms with Crippen molar-refractivity contribution in [2.45, 2.75) is 19.5 Å². The molecule has 1 aliphatic rings. The van der Waals surface area contributed by atoms with Crippen LogP contribution in [0.2, 0.25) is 0 Å². The Morgan fingerprint density at radius 3 is 2.69 bits per heavy atom. The summed E-state index contributed by atoms with van der Waals surface area (Å²) in [6.07, 6.45) is 0. The minimum atomic E-state index is -0.229. The van der Waals surface area contributed by atoms with E-state index in [4.69, 9.17) is 14.2 Å². The molecule has 0 aromatic heterocycles. The molecule has 3 rings (SSSR count). The van der Waals surface area contributed by atoms with Crippen LogP contribution in [0.4, 0.5) is 5.69 Å². The van der Waals surface area contributed by atoms with Crippen LogP contribution in [0.1, 0.15) is 12.5 Å². The molecule has 1 amide bonds. The Labute approximate surface area is 153 Å². The molecule has 0 bridgehead atoms. The second-order valence-corrected chi connectivity index (χ2v) is 6.41. The lowest BCUT2D eigenvalue weighted by atomic mass is 10.1. The second-order valence-electron chi connectivity index (χ2n) is 6.41. The number of nitrogens with one attached hydrogen (secondary N) is 2. The van der Waals surface area contributed by atoms with Crippen LogP contribution < -0.4 is 24.4 Å². The van der Waals surface area contributed by atoms with E-state index >= 15 is 0 Å². The third-order valence-corrected chi connectivity index (χ3v) is 4.59. The molecule has 138 valence electrons. The van der Waals surface area contributed by atoms with Crippen LogP contribution in [-0.4, -0.2) is 39.3 Å². The Hall–Kier alpha value is -2.73. The molecule has 0 radical (unpaired) electrons. The van der Waals surface area contributed by atoms with Gasteiger partial charge in [0.15, 0.2) is 17.5 Å². The van der Waals surface area contributed by atoms with E-state index in [1.807, 2.05) is 56.4 Å². The number of hydrogen-bond donors (Lipinski definition) is 2. The minimum Gasteiger partial charge on any atom is -0.495 e. The van der Waals surface area contributed by atoms with Crippen molar-refractivity contribution in [3.63, 3.8) is 0 Å². The fourth-order valence-corrected chi connectivity index (χ4v) is 2.89. The van der Waals surface area contributed by atoms with Gasteiger partial charge >= 0.3 is 0 Å². The zero-order valence-corrected chi connectivity index (χ0v) is 15.4. The highest BCUT2D eigenvalue weighted by Crippen LogP contribution is 2.30. The van der Waals surface area contributed by atoms with Crippen molar-refractivity contribution in [3.05, 3.63) is 48.0 Å². The maximum atomic E-state index is 12.6. The van der Waals surface area contributed by atoms with Crippen LogP contribution in [0, 0.1) is 0 Å². The normalized spacial score (nSPS) is 15.0. The highest BCUT2D eigenvalue weighted by molar-refractivity contribution is 5.94. The standard InChI is InChI=1S/C20H24N2O4/c1-14(20(23)21-16-6-4-5-7-17(16)24-3)22(2)13-15-8-9-18-19(12-15)26-11-10-25-18/h4-9,12,14H,10-11,13H2,1-3H3,(H,21,23)/p+1/t14-/m0/s1. The van der Waals surface area contributed by atoms with Gasteiger partial charge in [-0.2, -0.15) is 0 Å². The van der Waals surface area contributed by atoms with Crippen LogP contribution in [0.25, 0.3) is 0 Å². The predicted octanol–water partition coefficient (Wildman–Crippen LogP) is 1.51. The van der Waals surface area contributed by atoms with Crippen molar-refractivity contribution in [3.8, 4) is 17.2 Å². The number of likely N-dealkylation sites (N-methyl/N-ethyl adjacent to an activating group) is 1. The number of carbonyl (C=O) groups is 1. The first-order valence-corrected chi connectivity index (χ1v) is 8.73. The summed E-state index contributed by atoms with van der Waals surface area (Å²) < 4.78 is 16.5. The van der Waals surface area contributed by atoms with Gasteiger partial charge in [-0.3, -0.25) is 4.79 Å². The minimum absolute atomic E-state index is 0.0513. The average Bonchev–Trinajstić information content (AvgIpc) is 2.67. The molecule has 2 atom stereocenters. The first-order valence-electron chi connectivity index (χ1n) is 8.73. The third kappa shape index (κ3) is 4.08. The predicted molar refractivity (Wildman–Crippen MR) is 99.1 cm³/mol. The zero-order valence-electron chi connectivity index (χ0n) is 15.4. The Balaban J connectivity index is 1.63. The summed E-state index contributed by atoms with van der Waals surface area (Å²) in [5.74, 6) is 2.15. The van der Waals surface area contributed by atoms with Crippen molar-refractivity contribution in [1.29, 1.82) is 0 Å². The fraction of sp³-hybridized carbons (Fsp3) is 0.350. The Bertz CT molecular complexity index is 778. The van der Waals surface area contributed by atoms with Crippen LogP contribution in [0.3, 0.4) is 0 Å². The van der Waals surface area contributed by atoms with E-state index in [-0.39, 0.29) is 11.9 Å². The highest BCUT2D eigenvalue weighted by atomic mass is 16.6. The average molecular weight is 357 g/mol. The Morgan fingerprint density at radius 1 is 1.19 bits per heavy atom. The lowest BCUT2D eigenvalue weighted by molar-refractivity contribution is -0.907. The van der Waals surface area contributed by atoms with Crippen molar-refractivity contribution in [1.82, 2.24) is 0 Å². The molecule has 0 saturated heterocycles. The molecule has 2 aromatic rings. The number of hydrogen-bond acceptors (Lipinski definition) is 4. The number of amides is 1. The molecule has 26 heavy (non-hydrogen) atoms. The molecule has 0 aliphatic carbocycles. The largest absolute Gasteiger partial charge is 0.495 e. The summed E-state index contributed by atoms with van der Waals surface area (Å²) in [5.41, 5.74) is 1.78. The number of benzene rings is 2. The van der Waals surface area contributed by atoms with Crippen LogP contribution >= 0.6 is 0 Å². The number of carbonyl (C=O) groups excluding carboxylic acids is 1. The quantitative estimate of drug-likeness (QED) is 0.823. The topological polar surface area (TPSA) is 61.2 Å². The van der Waals surface area contributed by atoms with E-state index in [0.717, 1.165) is 22.0 Å². The van der Waals surface area contributed by atoms with Crippen molar-refractivity contribution < 1.29 is 23.9 Å². The van der Waals surface area contributed by atoms with Crippen LogP contribution in [0.15, 0.2) is 42.5 Å². The smallest absolute Gasteiger partial charge is 0.282 e. The molecule has 2 N–H and O–H groups in total.